The summed E-state index contributed by atoms with van der Waals surface area (Å²) in [7, 11) is 0. The number of halogens is 1. The zero-order valence-corrected chi connectivity index (χ0v) is 11.2. The first-order valence-electron chi connectivity index (χ1n) is 5.68. The van der Waals surface area contributed by atoms with Gasteiger partial charge in [0.1, 0.15) is 0 Å². The summed E-state index contributed by atoms with van der Waals surface area (Å²) in [6, 6.07) is 0. The zero-order chi connectivity index (χ0) is 11.1. The van der Waals surface area contributed by atoms with Gasteiger partial charge in [-0.25, -0.2) is 4.98 Å². The van der Waals surface area contributed by atoms with Gasteiger partial charge in [0.15, 0.2) is 5.13 Å². The molecule has 1 N–H and O–H groups in total. The van der Waals surface area contributed by atoms with Gasteiger partial charge in [-0.15, -0.1) is 0 Å². The largest absolute Gasteiger partial charge is 0.302 e. The fraction of sp³-hybridized carbons (Fsp3) is 0.636. The van der Waals surface area contributed by atoms with Crippen LogP contribution in [0.3, 0.4) is 0 Å². The van der Waals surface area contributed by atoms with Crippen molar-refractivity contribution < 1.29 is 4.79 Å². The fourth-order valence-electron chi connectivity index (χ4n) is 2.88. The average molecular weight is 301 g/mol. The van der Waals surface area contributed by atoms with Gasteiger partial charge in [-0.1, -0.05) is 24.2 Å². The summed E-state index contributed by atoms with van der Waals surface area (Å²) in [5.74, 6) is 1.78. The van der Waals surface area contributed by atoms with E-state index in [1.165, 1.54) is 37.0 Å². The lowest BCUT2D eigenvalue weighted by Crippen LogP contribution is -2.15. The molecule has 5 heteroatoms. The molecule has 2 atom stereocenters. The first-order valence-corrected chi connectivity index (χ1v) is 7.29. The first-order chi connectivity index (χ1) is 7.75. The van der Waals surface area contributed by atoms with E-state index < -0.39 is 0 Å². The lowest BCUT2D eigenvalue weighted by molar-refractivity contribution is -0.117. The van der Waals surface area contributed by atoms with Crippen LogP contribution in [0.25, 0.3) is 0 Å². The van der Waals surface area contributed by atoms with Crippen LogP contribution in [0, 0.1) is 17.8 Å². The molecule has 1 aromatic heterocycles. The number of hydrogen-bond donors (Lipinski definition) is 1. The standard InChI is InChI=1S/C11H13BrN2OS/c12-8-5-13-11(16-8)14-10(15)9-6-3-1-2-4-7(6)9/h5-7,9H,1-4H2,(H,13,14,15). The number of nitrogens with one attached hydrogen (secondary N) is 1. The average Bonchev–Trinajstić information content (AvgIpc) is 2.88. The highest BCUT2D eigenvalue weighted by molar-refractivity contribution is 9.11. The Balaban J connectivity index is 1.62. The van der Waals surface area contributed by atoms with Crippen molar-refractivity contribution in [2.24, 2.45) is 17.8 Å². The number of fused-ring (bicyclic) bond motifs is 1. The highest BCUT2D eigenvalue weighted by Crippen LogP contribution is 2.55. The number of thiazole rings is 1. The van der Waals surface area contributed by atoms with Gasteiger partial charge >= 0.3 is 0 Å². The molecule has 86 valence electrons. The summed E-state index contributed by atoms with van der Waals surface area (Å²) in [5.41, 5.74) is 0. The third-order valence-electron chi connectivity index (χ3n) is 3.67. The van der Waals surface area contributed by atoms with Crippen LogP contribution in [0.1, 0.15) is 25.7 Å². The molecular formula is C11H13BrN2OS. The number of carbonyl (C=O) groups is 1. The monoisotopic (exact) mass is 300 g/mol. The molecule has 0 radical (unpaired) electrons. The van der Waals surface area contributed by atoms with E-state index in [1.54, 1.807) is 6.20 Å². The third kappa shape index (κ3) is 1.91. The Morgan fingerprint density at radius 1 is 1.44 bits per heavy atom. The van der Waals surface area contributed by atoms with E-state index in [1.807, 2.05) is 0 Å². The van der Waals surface area contributed by atoms with Crippen molar-refractivity contribution in [1.82, 2.24) is 4.98 Å². The Morgan fingerprint density at radius 3 is 2.69 bits per heavy atom. The topological polar surface area (TPSA) is 42.0 Å². The van der Waals surface area contributed by atoms with Crippen molar-refractivity contribution in [3.05, 3.63) is 9.98 Å². The molecular weight excluding hydrogens is 288 g/mol. The van der Waals surface area contributed by atoms with Crippen LogP contribution in [0.2, 0.25) is 0 Å². The Morgan fingerprint density at radius 2 is 2.12 bits per heavy atom. The van der Waals surface area contributed by atoms with Crippen LogP contribution in [-0.2, 0) is 4.79 Å². The molecule has 0 spiro atoms. The summed E-state index contributed by atoms with van der Waals surface area (Å²) in [6.07, 6.45) is 6.80. The van der Waals surface area contributed by atoms with E-state index in [0.717, 1.165) is 3.79 Å². The summed E-state index contributed by atoms with van der Waals surface area (Å²) in [4.78, 5) is 16.1. The number of anilines is 1. The van der Waals surface area contributed by atoms with E-state index in [2.05, 4.69) is 26.2 Å². The van der Waals surface area contributed by atoms with Crippen LogP contribution >= 0.6 is 27.3 Å². The van der Waals surface area contributed by atoms with Gasteiger partial charge in [0.05, 0.1) is 9.98 Å². The number of hydrogen-bond acceptors (Lipinski definition) is 3. The van der Waals surface area contributed by atoms with E-state index in [-0.39, 0.29) is 11.8 Å². The molecule has 1 aromatic rings. The molecule has 3 nitrogen and oxygen atoms in total. The molecule has 2 unspecified atom stereocenters. The lowest BCUT2D eigenvalue weighted by Gasteiger charge is -2.04. The van der Waals surface area contributed by atoms with Crippen molar-refractivity contribution in [2.45, 2.75) is 25.7 Å². The van der Waals surface area contributed by atoms with E-state index in [4.69, 9.17) is 0 Å². The molecule has 0 bridgehead atoms. The summed E-state index contributed by atoms with van der Waals surface area (Å²) >= 11 is 4.81. The second kappa shape index (κ2) is 4.11. The number of rotatable bonds is 2. The third-order valence-corrected chi connectivity index (χ3v) is 5.06. The van der Waals surface area contributed by atoms with Gasteiger partial charge in [0, 0.05) is 5.92 Å². The molecule has 0 aromatic carbocycles. The van der Waals surface area contributed by atoms with Crippen LogP contribution in [-0.4, -0.2) is 10.9 Å². The molecule has 2 fully saturated rings. The highest BCUT2D eigenvalue weighted by Gasteiger charge is 2.54. The van der Waals surface area contributed by atoms with Crippen molar-refractivity contribution in [2.75, 3.05) is 5.32 Å². The molecule has 3 rings (SSSR count). The smallest absolute Gasteiger partial charge is 0.229 e. The predicted octanol–water partition coefficient (Wildman–Crippen LogP) is 3.28. The van der Waals surface area contributed by atoms with Crippen molar-refractivity contribution in [3.8, 4) is 0 Å². The highest BCUT2D eigenvalue weighted by atomic mass is 79.9. The maximum Gasteiger partial charge on any atom is 0.229 e. The van der Waals surface area contributed by atoms with Crippen LogP contribution in [0.15, 0.2) is 9.98 Å². The Bertz CT molecular complexity index is 408. The number of nitrogens with zero attached hydrogens (tertiary/aromatic N) is 1. The van der Waals surface area contributed by atoms with Crippen LogP contribution < -0.4 is 5.32 Å². The van der Waals surface area contributed by atoms with Gasteiger partial charge in [0.25, 0.3) is 0 Å². The maximum atomic E-state index is 12.0. The minimum atomic E-state index is 0.179. The lowest BCUT2D eigenvalue weighted by atomic mass is 10.0. The number of carbonyl (C=O) groups excluding carboxylic acids is 1. The van der Waals surface area contributed by atoms with Crippen molar-refractivity contribution in [1.29, 1.82) is 0 Å². The first kappa shape index (κ1) is 10.7. The molecule has 2 saturated carbocycles. The summed E-state index contributed by atoms with van der Waals surface area (Å²) in [6.45, 7) is 0. The molecule has 2 aliphatic carbocycles. The molecule has 1 heterocycles. The number of amides is 1. The Labute approximate surface area is 107 Å². The quantitative estimate of drug-likeness (QED) is 0.911. The maximum absolute atomic E-state index is 12.0. The fourth-order valence-corrected chi connectivity index (χ4v) is 3.99. The number of aromatic nitrogens is 1. The van der Waals surface area contributed by atoms with Gasteiger partial charge in [0.2, 0.25) is 5.91 Å². The molecule has 2 aliphatic rings. The van der Waals surface area contributed by atoms with Crippen LogP contribution in [0.4, 0.5) is 5.13 Å². The molecule has 0 aliphatic heterocycles. The van der Waals surface area contributed by atoms with Crippen molar-refractivity contribution >= 4 is 38.3 Å². The zero-order valence-electron chi connectivity index (χ0n) is 8.78. The van der Waals surface area contributed by atoms with E-state index in [9.17, 15) is 4.79 Å². The van der Waals surface area contributed by atoms with Gasteiger partial charge in [-0.3, -0.25) is 4.79 Å². The normalized spacial score (nSPS) is 31.9. The van der Waals surface area contributed by atoms with Crippen LogP contribution in [0.5, 0.6) is 0 Å². The summed E-state index contributed by atoms with van der Waals surface area (Å²) in [5, 5.41) is 3.63. The molecule has 16 heavy (non-hydrogen) atoms. The Hall–Kier alpha value is -0.420. The second-order valence-corrected chi connectivity index (χ2v) is 7.01. The Kier molecular flexibility index (Phi) is 2.75. The van der Waals surface area contributed by atoms with E-state index in [0.29, 0.717) is 17.0 Å². The minimum Gasteiger partial charge on any atom is -0.302 e. The van der Waals surface area contributed by atoms with Gasteiger partial charge in [-0.05, 0) is 40.6 Å². The van der Waals surface area contributed by atoms with Gasteiger partial charge in [-0.2, -0.15) is 0 Å². The van der Waals surface area contributed by atoms with Gasteiger partial charge < -0.3 is 5.32 Å². The SMILES string of the molecule is O=C(Nc1ncc(Br)s1)C1C2CCCCC21. The molecule has 1 amide bonds. The second-order valence-electron chi connectivity index (χ2n) is 4.60. The predicted molar refractivity (Wildman–Crippen MR) is 67.4 cm³/mol. The minimum absolute atomic E-state index is 0.179. The molecule has 0 saturated heterocycles. The van der Waals surface area contributed by atoms with Crippen molar-refractivity contribution in [3.63, 3.8) is 0 Å². The summed E-state index contributed by atoms with van der Waals surface area (Å²) < 4.78 is 0.955. The van der Waals surface area contributed by atoms with E-state index >= 15 is 0 Å².